The van der Waals surface area contributed by atoms with Crippen LogP contribution < -0.4 is 5.73 Å². The van der Waals surface area contributed by atoms with Crippen molar-refractivity contribution in [2.45, 2.75) is 12.8 Å². The van der Waals surface area contributed by atoms with Gasteiger partial charge in [-0.3, -0.25) is 4.79 Å². The molecule has 0 saturated carbocycles. The molecule has 21 heavy (non-hydrogen) atoms. The van der Waals surface area contributed by atoms with Gasteiger partial charge in [-0.15, -0.1) is 11.3 Å². The fourth-order valence-electron chi connectivity index (χ4n) is 2.86. The summed E-state index contributed by atoms with van der Waals surface area (Å²) < 4.78 is 6.31. The number of hydrogen-bond donors (Lipinski definition) is 1. The van der Waals surface area contributed by atoms with Crippen LogP contribution in [-0.4, -0.2) is 37.6 Å². The number of thiophene rings is 1. The van der Waals surface area contributed by atoms with Gasteiger partial charge < -0.3 is 15.4 Å². The van der Waals surface area contributed by atoms with Crippen molar-refractivity contribution in [3.63, 3.8) is 0 Å². The van der Waals surface area contributed by atoms with E-state index in [1.807, 2.05) is 29.2 Å². The van der Waals surface area contributed by atoms with Crippen molar-refractivity contribution in [1.29, 1.82) is 0 Å². The number of likely N-dealkylation sites (tertiary alicyclic amines) is 1. The molecule has 0 atom stereocenters. The van der Waals surface area contributed by atoms with Gasteiger partial charge in [-0.05, 0) is 48.4 Å². The Morgan fingerprint density at radius 2 is 2.14 bits per heavy atom. The normalized spacial score (nSPS) is 16.5. The number of fused-ring (bicyclic) bond motifs is 1. The van der Waals surface area contributed by atoms with Gasteiger partial charge in [0.15, 0.2) is 0 Å². The Kier molecular flexibility index (Phi) is 4.12. The van der Waals surface area contributed by atoms with E-state index in [1.165, 1.54) is 0 Å². The third-order valence-electron chi connectivity index (χ3n) is 4.06. The van der Waals surface area contributed by atoms with Crippen LogP contribution in [0.2, 0.25) is 0 Å². The summed E-state index contributed by atoms with van der Waals surface area (Å²) in [7, 11) is 1.74. The van der Waals surface area contributed by atoms with Gasteiger partial charge in [-0.25, -0.2) is 0 Å². The summed E-state index contributed by atoms with van der Waals surface area (Å²) in [4.78, 5) is 15.4. The van der Waals surface area contributed by atoms with E-state index in [2.05, 4.69) is 0 Å². The number of carbonyl (C=O) groups excluding carboxylic acids is 1. The molecule has 5 heteroatoms. The highest BCUT2D eigenvalue weighted by atomic mass is 32.1. The van der Waals surface area contributed by atoms with Crippen LogP contribution in [0.15, 0.2) is 24.3 Å². The number of nitrogens with two attached hydrogens (primary N) is 1. The van der Waals surface area contributed by atoms with Gasteiger partial charge in [0, 0.05) is 37.2 Å². The predicted octanol–water partition coefficient (Wildman–Crippen LogP) is 2.98. The zero-order chi connectivity index (χ0) is 14.8. The summed E-state index contributed by atoms with van der Waals surface area (Å²) in [5.74, 6) is 0.729. The molecule has 1 amide bonds. The van der Waals surface area contributed by atoms with Crippen LogP contribution in [0, 0.1) is 5.92 Å². The van der Waals surface area contributed by atoms with E-state index in [4.69, 9.17) is 10.5 Å². The van der Waals surface area contributed by atoms with E-state index in [9.17, 15) is 4.79 Å². The first-order chi connectivity index (χ1) is 10.2. The number of nitrogen functional groups attached to an aromatic ring is 1. The Morgan fingerprint density at radius 1 is 1.38 bits per heavy atom. The summed E-state index contributed by atoms with van der Waals surface area (Å²) >= 11 is 1.55. The van der Waals surface area contributed by atoms with Crippen LogP contribution in [-0.2, 0) is 4.74 Å². The Balaban J connectivity index is 1.72. The molecule has 1 fully saturated rings. The number of nitrogens with zero attached hydrogens (tertiary/aromatic N) is 1. The summed E-state index contributed by atoms with van der Waals surface area (Å²) in [6, 6.07) is 7.74. The number of anilines is 1. The first-order valence-corrected chi connectivity index (χ1v) is 8.06. The summed E-state index contributed by atoms with van der Waals surface area (Å²) in [5, 5.41) is 1.05. The minimum Gasteiger partial charge on any atom is -0.399 e. The van der Waals surface area contributed by atoms with Crippen LogP contribution in [0.25, 0.3) is 10.1 Å². The number of rotatable bonds is 3. The quantitative estimate of drug-likeness (QED) is 0.887. The van der Waals surface area contributed by atoms with Gasteiger partial charge in [0.1, 0.15) is 0 Å². The van der Waals surface area contributed by atoms with Gasteiger partial charge in [0.2, 0.25) is 0 Å². The molecule has 2 aromatic rings. The Labute approximate surface area is 128 Å². The molecule has 1 aromatic carbocycles. The number of carbonyl (C=O) groups is 1. The molecule has 1 aliphatic rings. The molecule has 3 rings (SSSR count). The third-order valence-corrected chi connectivity index (χ3v) is 5.16. The Hall–Kier alpha value is -1.59. The zero-order valence-electron chi connectivity index (χ0n) is 12.2. The van der Waals surface area contributed by atoms with Crippen molar-refractivity contribution in [3.8, 4) is 0 Å². The van der Waals surface area contributed by atoms with Crippen LogP contribution >= 0.6 is 11.3 Å². The van der Waals surface area contributed by atoms with E-state index in [0.717, 1.165) is 53.2 Å². The first-order valence-electron chi connectivity index (χ1n) is 7.24. The molecule has 4 nitrogen and oxygen atoms in total. The highest BCUT2D eigenvalue weighted by Gasteiger charge is 2.24. The largest absolute Gasteiger partial charge is 0.399 e. The lowest BCUT2D eigenvalue weighted by atomic mass is 9.98. The van der Waals surface area contributed by atoms with Crippen molar-refractivity contribution in [3.05, 3.63) is 29.1 Å². The predicted molar refractivity (Wildman–Crippen MR) is 86.7 cm³/mol. The minimum atomic E-state index is 0.144. The topological polar surface area (TPSA) is 55.6 Å². The second-order valence-electron chi connectivity index (χ2n) is 5.60. The van der Waals surface area contributed by atoms with Gasteiger partial charge in [-0.1, -0.05) is 0 Å². The molecule has 2 heterocycles. The highest BCUT2D eigenvalue weighted by Crippen LogP contribution is 2.29. The molecule has 1 saturated heterocycles. The number of ether oxygens (including phenoxy) is 1. The van der Waals surface area contributed by atoms with Crippen molar-refractivity contribution < 1.29 is 9.53 Å². The van der Waals surface area contributed by atoms with Crippen LogP contribution in [0.1, 0.15) is 22.5 Å². The molecule has 0 unspecified atom stereocenters. The molecule has 0 bridgehead atoms. The molecule has 1 aliphatic heterocycles. The van der Waals surface area contributed by atoms with E-state index in [1.54, 1.807) is 18.4 Å². The lowest BCUT2D eigenvalue weighted by molar-refractivity contribution is 0.0618. The molecule has 2 N–H and O–H groups in total. The number of piperidine rings is 1. The van der Waals surface area contributed by atoms with E-state index >= 15 is 0 Å². The molecule has 1 aromatic heterocycles. The number of methoxy groups -OCH3 is 1. The third kappa shape index (κ3) is 3.04. The minimum absolute atomic E-state index is 0.144. The Bertz CT molecular complexity index is 645. The van der Waals surface area contributed by atoms with Crippen LogP contribution in [0.5, 0.6) is 0 Å². The number of hydrogen-bond acceptors (Lipinski definition) is 4. The number of amides is 1. The molecule has 0 spiro atoms. The monoisotopic (exact) mass is 304 g/mol. The fraction of sp³-hybridized carbons (Fsp3) is 0.438. The van der Waals surface area contributed by atoms with Crippen molar-refractivity contribution in [2.24, 2.45) is 5.92 Å². The molecule has 0 radical (unpaired) electrons. The molecule has 0 aliphatic carbocycles. The maximum absolute atomic E-state index is 12.6. The standard InChI is InChI=1S/C16H20N2O2S/c1-20-10-11-4-6-18(7-5-11)16(19)15-9-12-8-13(17)2-3-14(12)21-15/h2-3,8-9,11H,4-7,10,17H2,1H3. The van der Waals surface area contributed by atoms with Crippen molar-refractivity contribution in [1.82, 2.24) is 4.90 Å². The van der Waals surface area contributed by atoms with E-state index in [0.29, 0.717) is 5.92 Å². The average Bonchev–Trinajstić information content (AvgIpc) is 2.90. The maximum atomic E-state index is 12.6. The lowest BCUT2D eigenvalue weighted by Gasteiger charge is -2.31. The smallest absolute Gasteiger partial charge is 0.263 e. The highest BCUT2D eigenvalue weighted by molar-refractivity contribution is 7.20. The maximum Gasteiger partial charge on any atom is 0.263 e. The summed E-state index contributed by atoms with van der Waals surface area (Å²) in [6.45, 7) is 2.44. The summed E-state index contributed by atoms with van der Waals surface area (Å²) in [6.07, 6.45) is 2.05. The van der Waals surface area contributed by atoms with Crippen molar-refractivity contribution >= 4 is 33.0 Å². The summed E-state index contributed by atoms with van der Waals surface area (Å²) in [5.41, 5.74) is 6.53. The Morgan fingerprint density at radius 3 is 2.86 bits per heavy atom. The van der Waals surface area contributed by atoms with Crippen LogP contribution in [0.4, 0.5) is 5.69 Å². The van der Waals surface area contributed by atoms with E-state index < -0.39 is 0 Å². The first kappa shape index (κ1) is 14.4. The average molecular weight is 304 g/mol. The van der Waals surface area contributed by atoms with Gasteiger partial charge in [0.25, 0.3) is 5.91 Å². The number of benzene rings is 1. The van der Waals surface area contributed by atoms with E-state index in [-0.39, 0.29) is 5.91 Å². The lowest BCUT2D eigenvalue weighted by Crippen LogP contribution is -2.39. The molecular formula is C16H20N2O2S. The SMILES string of the molecule is COCC1CCN(C(=O)c2cc3cc(N)ccc3s2)CC1. The van der Waals surface area contributed by atoms with Gasteiger partial charge >= 0.3 is 0 Å². The van der Waals surface area contributed by atoms with Gasteiger partial charge in [0.05, 0.1) is 4.88 Å². The second-order valence-corrected chi connectivity index (χ2v) is 6.68. The van der Waals surface area contributed by atoms with Crippen LogP contribution in [0.3, 0.4) is 0 Å². The second kappa shape index (κ2) is 6.03. The van der Waals surface area contributed by atoms with Gasteiger partial charge in [-0.2, -0.15) is 0 Å². The molecular weight excluding hydrogens is 284 g/mol. The van der Waals surface area contributed by atoms with Crippen molar-refractivity contribution in [2.75, 3.05) is 32.5 Å². The molecule has 112 valence electrons. The fourth-order valence-corrected chi connectivity index (χ4v) is 3.87. The zero-order valence-corrected chi connectivity index (χ0v) is 13.0.